The normalized spacial score (nSPS) is 11.2. The zero-order valence-corrected chi connectivity index (χ0v) is 13.4. The molecule has 0 radical (unpaired) electrons. The molecule has 2 aromatic carbocycles. The highest BCUT2D eigenvalue weighted by Gasteiger charge is 2.16. The molecular weight excluding hydrogens is 318 g/mol. The van der Waals surface area contributed by atoms with Gasteiger partial charge in [-0.15, -0.1) is 0 Å². The average molecular weight is 334 g/mol. The minimum atomic E-state index is -0.499. The summed E-state index contributed by atoms with van der Waals surface area (Å²) < 4.78 is 6.79. The van der Waals surface area contributed by atoms with E-state index in [0.29, 0.717) is 5.52 Å². The van der Waals surface area contributed by atoms with E-state index in [1.807, 2.05) is 48.5 Å². The monoisotopic (exact) mass is 334 g/mol. The molecule has 1 heterocycles. The number of carbonyl (C=O) groups is 1. The molecule has 0 aliphatic carbocycles. The number of aliphatic hydroxyl groups excluding tert-OH is 1. The Morgan fingerprint density at radius 1 is 1.16 bits per heavy atom. The lowest BCUT2D eigenvalue weighted by Crippen LogP contribution is -2.12. The summed E-state index contributed by atoms with van der Waals surface area (Å²) in [5, 5.41) is 19.1. The first-order valence-electron chi connectivity index (χ1n) is 7.71. The zero-order chi connectivity index (χ0) is 17.6. The third kappa shape index (κ3) is 3.67. The number of aromatic nitrogens is 1. The van der Waals surface area contributed by atoms with Gasteiger partial charge in [0, 0.05) is 18.0 Å². The number of para-hydroxylation sites is 1. The lowest BCUT2D eigenvalue weighted by molar-refractivity contribution is 0.142. The van der Waals surface area contributed by atoms with Gasteiger partial charge in [-0.1, -0.05) is 48.5 Å². The van der Waals surface area contributed by atoms with E-state index < -0.39 is 6.09 Å². The van der Waals surface area contributed by atoms with Crippen LogP contribution in [0.25, 0.3) is 15.9 Å². The fourth-order valence-electron chi connectivity index (χ4n) is 2.64. The molecule has 6 heteroatoms. The van der Waals surface area contributed by atoms with Gasteiger partial charge in [0.1, 0.15) is 6.61 Å². The molecule has 0 aliphatic rings. The molecule has 0 amide bonds. The highest BCUT2D eigenvalue weighted by Crippen LogP contribution is 2.23. The van der Waals surface area contributed by atoms with Crippen LogP contribution in [-0.4, -0.2) is 15.8 Å². The predicted molar refractivity (Wildman–Crippen MR) is 93.5 cm³/mol. The van der Waals surface area contributed by atoms with Crippen molar-refractivity contribution in [3.63, 3.8) is 0 Å². The Labute approximate surface area is 144 Å². The summed E-state index contributed by atoms with van der Waals surface area (Å²) in [4.78, 5) is 15.3. The highest BCUT2D eigenvalue weighted by atomic mass is 16.5. The van der Waals surface area contributed by atoms with E-state index in [-0.39, 0.29) is 18.8 Å². The summed E-state index contributed by atoms with van der Waals surface area (Å²) in [5.74, 6) is -0.108. The van der Waals surface area contributed by atoms with Crippen molar-refractivity contribution in [3.05, 3.63) is 88.9 Å². The van der Waals surface area contributed by atoms with Crippen LogP contribution in [0.4, 0.5) is 4.79 Å². The van der Waals surface area contributed by atoms with Crippen LogP contribution >= 0.6 is 0 Å². The van der Waals surface area contributed by atoms with Gasteiger partial charge in [-0.2, -0.15) is 0 Å². The maximum Gasteiger partial charge on any atom is 0.418 e. The second-order valence-electron chi connectivity index (χ2n) is 5.49. The number of hydrogen-bond acceptors (Lipinski definition) is 4. The van der Waals surface area contributed by atoms with Crippen LogP contribution in [0.5, 0.6) is 0 Å². The molecule has 0 bridgehead atoms. The average Bonchev–Trinajstić information content (AvgIpc) is 2.99. The number of allylic oxidation sites excluding steroid dienone is 1. The summed E-state index contributed by atoms with van der Waals surface area (Å²) in [6.07, 6.45) is 2.23. The standard InChI is InChI=1S/C19H15N3O3/c20-21-11-16(23)10-15-12-22(18-9-5-4-8-17(15)18)19(24)25-13-14-6-2-1-3-7-14/h1-9,11-12H,10,13H2/p+1/b16-11-. The lowest BCUT2D eigenvalue weighted by Gasteiger charge is -2.06. The fraction of sp³-hybridized carbons (Fsp3) is 0.105. The quantitative estimate of drug-likeness (QED) is 0.557. The topological polar surface area (TPSA) is 79.6 Å². The van der Waals surface area contributed by atoms with Crippen molar-refractivity contribution < 1.29 is 14.6 Å². The first-order chi connectivity index (χ1) is 12.2. The Kier molecular flexibility index (Phi) is 4.77. The number of carbonyl (C=O) groups excluding carboxylic acids is 1. The molecule has 25 heavy (non-hydrogen) atoms. The van der Waals surface area contributed by atoms with Gasteiger partial charge in [0.25, 0.3) is 0 Å². The Morgan fingerprint density at radius 2 is 1.88 bits per heavy atom. The summed E-state index contributed by atoms with van der Waals surface area (Å²) in [6.45, 7) is 0.177. The van der Waals surface area contributed by atoms with E-state index in [4.69, 9.17) is 10.1 Å². The van der Waals surface area contributed by atoms with E-state index in [0.717, 1.165) is 22.7 Å². The molecular formula is C19H16N3O3+. The number of nitrogens with zero attached hydrogens (tertiary/aromatic N) is 3. The smallest absolute Gasteiger partial charge is 0.418 e. The summed E-state index contributed by atoms with van der Waals surface area (Å²) >= 11 is 0. The fourth-order valence-corrected chi connectivity index (χ4v) is 2.64. The summed E-state index contributed by atoms with van der Waals surface area (Å²) in [6, 6.07) is 16.8. The van der Waals surface area contributed by atoms with Crippen molar-refractivity contribution >= 4 is 17.0 Å². The molecule has 0 fully saturated rings. The molecule has 3 aromatic rings. The highest BCUT2D eigenvalue weighted by molar-refractivity contribution is 5.92. The molecule has 1 aromatic heterocycles. The minimum absolute atomic E-state index is 0.108. The van der Waals surface area contributed by atoms with Crippen LogP contribution in [0.1, 0.15) is 11.1 Å². The Bertz CT molecular complexity index is 968. The van der Waals surface area contributed by atoms with E-state index in [1.54, 1.807) is 12.3 Å². The largest absolute Gasteiger partial charge is 0.505 e. The SMILES string of the molecule is N#[N+]/C=C(\O)Cc1cn(C(=O)OCc2ccccc2)c2ccccc12. The number of rotatable bonds is 4. The van der Waals surface area contributed by atoms with Gasteiger partial charge < -0.3 is 9.84 Å². The molecule has 0 atom stereocenters. The van der Waals surface area contributed by atoms with Gasteiger partial charge in [0.2, 0.25) is 5.39 Å². The van der Waals surface area contributed by atoms with Crippen molar-refractivity contribution in [2.45, 2.75) is 13.0 Å². The van der Waals surface area contributed by atoms with Crippen LogP contribution in [0, 0.1) is 5.39 Å². The van der Waals surface area contributed by atoms with Crippen LogP contribution in [-0.2, 0) is 17.8 Å². The van der Waals surface area contributed by atoms with Crippen LogP contribution in [0.2, 0.25) is 0 Å². The molecule has 3 rings (SSSR count). The molecule has 124 valence electrons. The zero-order valence-electron chi connectivity index (χ0n) is 13.4. The Balaban J connectivity index is 1.87. The molecule has 0 saturated heterocycles. The molecule has 0 saturated carbocycles. The number of benzene rings is 2. The van der Waals surface area contributed by atoms with Crippen molar-refractivity contribution in [2.75, 3.05) is 0 Å². The Morgan fingerprint density at radius 3 is 2.64 bits per heavy atom. The Hall–Kier alpha value is -3.59. The van der Waals surface area contributed by atoms with Gasteiger partial charge in [0.05, 0.1) is 5.52 Å². The summed E-state index contributed by atoms with van der Waals surface area (Å²) in [7, 11) is 0. The minimum Gasteiger partial charge on any atom is -0.505 e. The van der Waals surface area contributed by atoms with Crippen molar-refractivity contribution in [1.29, 1.82) is 5.39 Å². The van der Waals surface area contributed by atoms with Gasteiger partial charge in [-0.3, -0.25) is 4.57 Å². The number of aliphatic hydroxyl groups is 1. The molecule has 0 aliphatic heterocycles. The van der Waals surface area contributed by atoms with Gasteiger partial charge >= 0.3 is 12.3 Å². The molecule has 6 nitrogen and oxygen atoms in total. The van der Waals surface area contributed by atoms with Gasteiger partial charge in [-0.05, 0) is 17.2 Å². The third-order valence-electron chi connectivity index (χ3n) is 3.77. The van der Waals surface area contributed by atoms with Crippen molar-refractivity contribution in [3.8, 4) is 0 Å². The first kappa shape index (κ1) is 16.3. The molecule has 1 N–H and O–H groups in total. The predicted octanol–water partition coefficient (Wildman–Crippen LogP) is 4.62. The van der Waals surface area contributed by atoms with E-state index in [2.05, 4.69) is 4.98 Å². The first-order valence-corrected chi connectivity index (χ1v) is 7.71. The third-order valence-corrected chi connectivity index (χ3v) is 3.77. The molecule has 0 unspecified atom stereocenters. The van der Waals surface area contributed by atoms with E-state index in [1.165, 1.54) is 4.57 Å². The molecule has 0 spiro atoms. The lowest BCUT2D eigenvalue weighted by atomic mass is 10.1. The second-order valence-corrected chi connectivity index (χ2v) is 5.49. The van der Waals surface area contributed by atoms with Crippen molar-refractivity contribution in [1.82, 2.24) is 4.57 Å². The van der Waals surface area contributed by atoms with Crippen LogP contribution in [0.15, 0.2) is 72.8 Å². The van der Waals surface area contributed by atoms with Crippen LogP contribution < -0.4 is 0 Å². The van der Waals surface area contributed by atoms with Gasteiger partial charge in [0.15, 0.2) is 10.7 Å². The maximum atomic E-state index is 12.5. The van der Waals surface area contributed by atoms with Crippen molar-refractivity contribution in [2.24, 2.45) is 0 Å². The number of fused-ring (bicyclic) bond motifs is 1. The number of diazo groups is 1. The van der Waals surface area contributed by atoms with E-state index >= 15 is 0 Å². The van der Waals surface area contributed by atoms with E-state index in [9.17, 15) is 9.90 Å². The van der Waals surface area contributed by atoms with Gasteiger partial charge in [-0.25, -0.2) is 4.79 Å². The number of ether oxygens (including phenoxy) is 1. The maximum absolute atomic E-state index is 12.5. The second kappa shape index (κ2) is 7.32. The summed E-state index contributed by atoms with van der Waals surface area (Å²) in [5.41, 5.74) is 2.31. The number of hydrogen-bond donors (Lipinski definition) is 1. The van der Waals surface area contributed by atoms with Crippen LogP contribution in [0.3, 0.4) is 0 Å².